The molecule has 0 aliphatic heterocycles. The summed E-state index contributed by atoms with van der Waals surface area (Å²) in [6, 6.07) is 0. The summed E-state index contributed by atoms with van der Waals surface area (Å²) >= 11 is -3.86. The van der Waals surface area contributed by atoms with Crippen molar-refractivity contribution in [2.45, 2.75) is 6.42 Å². The molecule has 0 atom stereocenters. The number of rotatable bonds is 1. The zero-order valence-corrected chi connectivity index (χ0v) is 12.2. The van der Waals surface area contributed by atoms with Gasteiger partial charge >= 0.3 is 64.3 Å². The van der Waals surface area contributed by atoms with E-state index in [9.17, 15) is 0 Å². The van der Waals surface area contributed by atoms with Crippen LogP contribution in [0.25, 0.3) is 0 Å². The number of allylic oxidation sites excluding steroid dienone is 4. The standard InChI is InChI=1S/C5H5.5CH2.3ClH.Ti/c1-2-4-5-3-1;;;;;;;;;/h1-3H,4H2;5*1H2;3*1H;. The Morgan fingerprint density at radius 3 is 1.50 bits per heavy atom. The summed E-state index contributed by atoms with van der Waals surface area (Å²) in [5.41, 5.74) is 0. The van der Waals surface area contributed by atoms with Crippen molar-refractivity contribution in [2.75, 3.05) is 0 Å². The molecule has 0 saturated carbocycles. The molecule has 0 saturated heterocycles. The molecule has 0 heterocycles. The Labute approximate surface area is 101 Å². The topological polar surface area (TPSA) is 0 Å². The van der Waals surface area contributed by atoms with Gasteiger partial charge in [0, 0.05) is 0 Å². The normalized spacial score (nSPS) is 13.6. The molecular formula is C10H18Cl3Ti. The van der Waals surface area contributed by atoms with E-state index >= 15 is 0 Å². The van der Waals surface area contributed by atoms with Crippen molar-refractivity contribution in [1.82, 2.24) is 0 Å². The van der Waals surface area contributed by atoms with Crippen LogP contribution in [0.15, 0.2) is 22.1 Å². The molecule has 0 fully saturated rings. The van der Waals surface area contributed by atoms with E-state index in [2.05, 4.69) is 30.2 Å². The van der Waals surface area contributed by atoms with E-state index in [0.29, 0.717) is 0 Å². The first-order chi connectivity index (χ1) is 4.59. The summed E-state index contributed by atoms with van der Waals surface area (Å²) < 4.78 is 1.14. The van der Waals surface area contributed by atoms with Crippen LogP contribution in [0.3, 0.4) is 0 Å². The van der Waals surface area contributed by atoms with Gasteiger partial charge in [-0.25, -0.2) is 0 Å². The van der Waals surface area contributed by atoms with Gasteiger partial charge in [0.1, 0.15) is 0 Å². The zero-order valence-electron chi connectivity index (χ0n) is 8.20. The van der Waals surface area contributed by atoms with Gasteiger partial charge in [0.15, 0.2) is 0 Å². The second-order valence-electron chi connectivity index (χ2n) is 4.71. The molecular weight excluding hydrogens is 274 g/mol. The van der Waals surface area contributed by atoms with Crippen LogP contribution in [0, 0.1) is 0 Å². The fourth-order valence-corrected chi connectivity index (χ4v) is 3.48. The molecule has 1 aliphatic rings. The van der Waals surface area contributed by atoms with E-state index < -0.39 is 11.7 Å². The van der Waals surface area contributed by atoms with Gasteiger partial charge < -0.3 is 0 Å². The molecule has 14 heavy (non-hydrogen) atoms. The molecule has 0 spiro atoms. The van der Waals surface area contributed by atoms with E-state index in [1.54, 1.807) is 0 Å². The fourth-order valence-electron chi connectivity index (χ4n) is 1.10. The van der Waals surface area contributed by atoms with Crippen molar-refractivity contribution < 1.29 is 11.7 Å². The van der Waals surface area contributed by atoms with Crippen LogP contribution in [0.1, 0.15) is 6.42 Å². The Morgan fingerprint density at radius 1 is 0.929 bits per heavy atom. The molecule has 1 rings (SSSR count). The molecule has 0 unspecified atom stereocenters. The summed E-state index contributed by atoms with van der Waals surface area (Å²) in [5, 5.41) is 0. The van der Waals surface area contributed by atoms with Gasteiger partial charge in [0.25, 0.3) is 0 Å². The van der Waals surface area contributed by atoms with E-state index in [1.807, 2.05) is 12.2 Å². The van der Waals surface area contributed by atoms with Crippen molar-refractivity contribution >= 4 is 61.3 Å². The first kappa shape index (κ1) is 19.9. The minimum absolute atomic E-state index is 0. The monoisotopic (exact) mass is 291 g/mol. The molecule has 0 bridgehead atoms. The van der Waals surface area contributed by atoms with Gasteiger partial charge in [-0.2, -0.15) is 0 Å². The molecule has 0 aromatic heterocycles. The zero-order chi connectivity index (χ0) is 8.81. The molecule has 0 radical (unpaired) electrons. The summed E-state index contributed by atoms with van der Waals surface area (Å²) in [6.07, 6.45) is 6.96. The van der Waals surface area contributed by atoms with Crippen LogP contribution >= 0.6 is 37.2 Å². The molecule has 0 aromatic rings. The van der Waals surface area contributed by atoms with Crippen molar-refractivity contribution in [3.63, 3.8) is 0 Å². The van der Waals surface area contributed by atoms with Crippen LogP contribution in [0.4, 0.5) is 0 Å². The predicted octanol–water partition coefficient (Wildman–Crippen LogP) is 2.48. The van der Waals surface area contributed by atoms with Crippen LogP contribution in [-0.4, -0.2) is 24.1 Å². The Morgan fingerprint density at radius 2 is 1.36 bits per heavy atom. The van der Waals surface area contributed by atoms with Crippen molar-refractivity contribution in [3.8, 4) is 0 Å². The molecule has 4 heteroatoms. The molecule has 0 nitrogen and oxygen atoms in total. The Bertz CT molecular complexity index is 591. The molecule has 0 amide bonds. The molecule has 0 N–H and O–H groups in total. The Kier molecular flexibility index (Phi) is 5.85. The maximum atomic E-state index is 4.05. The quantitative estimate of drug-likeness (QED) is 0.651. The number of hydrogen-bond donors (Lipinski definition) is 0. The SMILES string of the molecule is Cl.Cl.Cl.[CH2]=[Ti](=[CH2])(=[CH2])(=[CH2])(=[CH2])[C]1=CC=CC1. The number of halogens is 3. The van der Waals surface area contributed by atoms with E-state index in [-0.39, 0.29) is 37.2 Å². The summed E-state index contributed by atoms with van der Waals surface area (Å²) in [4.78, 5) is 20.3. The third-order valence-corrected chi connectivity index (χ3v) is 6.03. The van der Waals surface area contributed by atoms with Crippen LogP contribution < -0.4 is 0 Å². The number of hydrogen-bond acceptors (Lipinski definition) is 0. The van der Waals surface area contributed by atoms with Gasteiger partial charge in [-0.15, -0.1) is 37.2 Å². The van der Waals surface area contributed by atoms with Crippen LogP contribution in [0.5, 0.6) is 0 Å². The van der Waals surface area contributed by atoms with Crippen molar-refractivity contribution in [1.29, 1.82) is 0 Å². The minimum atomic E-state index is -3.86. The third kappa shape index (κ3) is 5.33. The van der Waals surface area contributed by atoms with Crippen molar-refractivity contribution in [3.05, 3.63) is 22.1 Å². The van der Waals surface area contributed by atoms with Crippen molar-refractivity contribution in [2.24, 2.45) is 0 Å². The maximum absolute atomic E-state index is 4.05. The summed E-state index contributed by atoms with van der Waals surface area (Å²) in [7, 11) is 0. The second-order valence-corrected chi connectivity index (χ2v) is 16.3. The Hall–Kier alpha value is 0.414. The van der Waals surface area contributed by atoms with Gasteiger partial charge in [-0.3, -0.25) is 0 Å². The van der Waals surface area contributed by atoms with Crippen LogP contribution in [-0.2, 0) is 11.7 Å². The summed E-state index contributed by atoms with van der Waals surface area (Å²) in [6.45, 7) is 0. The van der Waals surface area contributed by atoms with E-state index in [4.69, 9.17) is 0 Å². The van der Waals surface area contributed by atoms with E-state index in [0.717, 1.165) is 10.3 Å². The second kappa shape index (κ2) is 4.11. The summed E-state index contributed by atoms with van der Waals surface area (Å²) in [5.74, 6) is 0. The molecule has 0 aromatic carbocycles. The predicted molar refractivity (Wildman–Crippen MR) is 79.2 cm³/mol. The first-order valence-electron chi connectivity index (χ1n) is 3.73. The van der Waals surface area contributed by atoms with Gasteiger partial charge in [0.05, 0.1) is 0 Å². The average Bonchev–Trinajstić information content (AvgIpc) is 2.01. The van der Waals surface area contributed by atoms with Gasteiger partial charge in [-0.1, -0.05) is 0 Å². The van der Waals surface area contributed by atoms with Crippen LogP contribution in [0.2, 0.25) is 0 Å². The molecule has 83 valence electrons. The van der Waals surface area contributed by atoms with E-state index in [1.165, 1.54) is 0 Å². The third-order valence-electron chi connectivity index (χ3n) is 1.91. The van der Waals surface area contributed by atoms with Gasteiger partial charge in [-0.05, 0) is 0 Å². The van der Waals surface area contributed by atoms with Gasteiger partial charge in [0.2, 0.25) is 0 Å². The Balaban J connectivity index is -0.000000403. The first-order valence-corrected chi connectivity index (χ1v) is 10.0. The fraction of sp³-hybridized carbons (Fsp3) is 0.100. The molecule has 1 aliphatic carbocycles. The average molecular weight is 292 g/mol.